The molecule has 194 valence electrons. The molecule has 0 atom stereocenters. The molecule has 0 fully saturated rings. The molecule has 1 aromatic heterocycles. The molecule has 0 aliphatic heterocycles. The van der Waals surface area contributed by atoms with Gasteiger partial charge in [0.1, 0.15) is 0 Å². The van der Waals surface area contributed by atoms with Gasteiger partial charge >= 0.3 is 19.8 Å². The highest BCUT2D eigenvalue weighted by molar-refractivity contribution is 8.13. The van der Waals surface area contributed by atoms with E-state index in [4.69, 9.17) is 13.3 Å². The Hall–Kier alpha value is -1.31. The molecule has 1 rings (SSSR count). The fraction of sp³-hybridized carbons (Fsp3) is 0.667. The second kappa shape index (κ2) is 12.4. The first-order chi connectivity index (χ1) is 14.9. The van der Waals surface area contributed by atoms with Crippen molar-refractivity contribution in [2.75, 3.05) is 21.3 Å². The number of unbranched alkanes of at least 4 members (excludes halogenated alkanes) is 1. The van der Waals surface area contributed by atoms with Crippen LogP contribution in [0.15, 0.2) is 24.5 Å². The van der Waals surface area contributed by atoms with Crippen LogP contribution in [0.25, 0.3) is 4.13 Å². The Morgan fingerprint density at radius 2 is 1.39 bits per heavy atom. The third-order valence-electron chi connectivity index (χ3n) is 3.83. The topological polar surface area (TPSA) is 114 Å². The van der Waals surface area contributed by atoms with E-state index in [9.17, 15) is 43.2 Å². The molecule has 1 aromatic rings. The second-order valence-electron chi connectivity index (χ2n) is 6.20. The summed E-state index contributed by atoms with van der Waals surface area (Å²) in [5.74, 6) is 0. The minimum Gasteiger partial charge on any atom is -0.421 e. The summed E-state index contributed by atoms with van der Waals surface area (Å²) >= 11 is 0. The lowest BCUT2D eigenvalue weighted by atomic mass is 10.1. The molecule has 9 nitrogen and oxygen atoms in total. The molecule has 18 heteroatoms. The maximum atomic E-state index is 11.4. The monoisotopic (exact) mass is 550 g/mol. The lowest BCUT2D eigenvalue weighted by Gasteiger charge is -2.22. The van der Waals surface area contributed by atoms with E-state index in [1.807, 2.05) is 6.20 Å². The van der Waals surface area contributed by atoms with Crippen molar-refractivity contribution in [2.45, 2.75) is 43.4 Å². The summed E-state index contributed by atoms with van der Waals surface area (Å²) in [7, 11) is -11.1. The molecule has 0 bridgehead atoms. The Morgan fingerprint density at radius 1 is 0.939 bits per heavy atom. The smallest absolute Gasteiger partial charge is 0.421 e. The number of alkyl halides is 6. The van der Waals surface area contributed by atoms with Crippen molar-refractivity contribution in [3.8, 4) is 0 Å². The molecule has 33 heavy (non-hydrogen) atoms. The number of hydrogen-bond donors (Lipinski definition) is 0. The van der Waals surface area contributed by atoms with Crippen LogP contribution in [0.1, 0.15) is 25.3 Å². The number of aryl methyl sites for hydroxylation is 1. The summed E-state index contributed by atoms with van der Waals surface area (Å²) in [5, 5.41) is 0. The van der Waals surface area contributed by atoms with Crippen molar-refractivity contribution < 1.29 is 61.0 Å². The van der Waals surface area contributed by atoms with Crippen molar-refractivity contribution in [2.24, 2.45) is 0 Å². The highest BCUT2D eigenvalue weighted by Gasteiger charge is 2.47. The van der Waals surface area contributed by atoms with Gasteiger partial charge < -0.3 is 17.4 Å². The van der Waals surface area contributed by atoms with Gasteiger partial charge in [0.05, 0.1) is 0 Å². The quantitative estimate of drug-likeness (QED) is 0.250. The van der Waals surface area contributed by atoms with Crippen LogP contribution < -0.4 is 4.57 Å². The number of hydrogen-bond acceptors (Lipinski definition) is 7. The predicted molar refractivity (Wildman–Crippen MR) is 105 cm³/mol. The zero-order chi connectivity index (χ0) is 26.1. The Morgan fingerprint density at radius 3 is 1.76 bits per heavy atom. The standard InChI is InChI=1S/C13H24NO3Si.C2F6NO4S2/c1-5-6-8-13-9-7-10-14(11-13)12-18(15-2,16-3)17-4;3-1(4,5)14(10,11)9-15(12,13)2(6,7)8/h7,9-11H,5-6,8,12H2,1-4H3;/q+1;-1. The second-order valence-corrected chi connectivity index (χ2v) is 12.5. The number of sulfonamides is 2. The van der Waals surface area contributed by atoms with E-state index in [0.717, 1.165) is 10.5 Å². The molecule has 0 saturated heterocycles. The average molecular weight is 551 g/mol. The van der Waals surface area contributed by atoms with E-state index >= 15 is 0 Å². The van der Waals surface area contributed by atoms with Gasteiger partial charge in [-0.1, -0.05) is 13.3 Å². The summed E-state index contributed by atoms with van der Waals surface area (Å²) < 4.78 is 128. The van der Waals surface area contributed by atoms with Gasteiger partial charge in [-0.05, 0) is 18.9 Å². The van der Waals surface area contributed by atoms with E-state index in [1.165, 1.54) is 18.4 Å². The molecule has 0 aromatic carbocycles. The van der Waals surface area contributed by atoms with Crippen LogP contribution in [0, 0.1) is 0 Å². The van der Waals surface area contributed by atoms with Crippen molar-refractivity contribution in [3.05, 3.63) is 34.2 Å². The Kier molecular flexibility index (Phi) is 11.9. The summed E-state index contributed by atoms with van der Waals surface area (Å²) in [5.41, 5.74) is -11.1. The first-order valence-corrected chi connectivity index (χ1v) is 13.7. The van der Waals surface area contributed by atoms with E-state index in [1.54, 1.807) is 21.3 Å². The lowest BCUT2D eigenvalue weighted by Crippen LogP contribution is -2.56. The van der Waals surface area contributed by atoms with Crippen LogP contribution in [0.4, 0.5) is 26.3 Å². The van der Waals surface area contributed by atoms with Crippen molar-refractivity contribution in [1.82, 2.24) is 0 Å². The van der Waals surface area contributed by atoms with Crippen molar-refractivity contribution in [3.63, 3.8) is 0 Å². The van der Waals surface area contributed by atoms with Gasteiger partial charge in [0.25, 0.3) is 0 Å². The van der Waals surface area contributed by atoms with Crippen LogP contribution in [0.2, 0.25) is 0 Å². The Bertz CT molecular complexity index is 902. The SMILES string of the molecule is CCCCc1ccc[n+](C[Si](OC)(OC)OC)c1.O=S(=O)([N-]S(=O)(=O)C(F)(F)F)C(F)(F)F. The predicted octanol–water partition coefficient (Wildman–Crippen LogP) is 2.79. The van der Waals surface area contributed by atoms with Gasteiger partial charge in [-0.25, -0.2) is 16.8 Å². The molecule has 0 N–H and O–H groups in total. The van der Waals surface area contributed by atoms with Crippen molar-refractivity contribution in [1.29, 1.82) is 0 Å². The van der Waals surface area contributed by atoms with Gasteiger partial charge in [-0.15, -0.1) is 0 Å². The minimum absolute atomic E-state index is 0.635. The highest BCUT2D eigenvalue weighted by Crippen LogP contribution is 2.36. The molecule has 0 radical (unpaired) electrons. The van der Waals surface area contributed by atoms with Crippen LogP contribution >= 0.6 is 0 Å². The fourth-order valence-corrected chi connectivity index (χ4v) is 5.33. The van der Waals surface area contributed by atoms with Crippen LogP contribution in [0.5, 0.6) is 0 Å². The zero-order valence-corrected chi connectivity index (χ0v) is 20.6. The summed E-state index contributed by atoms with van der Waals surface area (Å²) in [6.45, 7) is 2.20. The number of pyridine rings is 1. The van der Waals surface area contributed by atoms with Gasteiger partial charge in [0, 0.05) is 33.0 Å². The number of rotatable bonds is 10. The number of halogens is 6. The lowest BCUT2D eigenvalue weighted by molar-refractivity contribution is -0.685. The fourth-order valence-electron chi connectivity index (χ4n) is 2.08. The van der Waals surface area contributed by atoms with E-state index in [0.29, 0.717) is 6.17 Å². The summed E-state index contributed by atoms with van der Waals surface area (Å²) in [4.78, 5) is 0. The third kappa shape index (κ3) is 9.83. The minimum atomic E-state index is -6.72. The Balaban J connectivity index is 0.000000633. The van der Waals surface area contributed by atoms with Gasteiger partial charge in [-0.2, -0.15) is 30.9 Å². The largest absolute Gasteiger partial charge is 0.569 e. The van der Waals surface area contributed by atoms with Crippen LogP contribution in [0.3, 0.4) is 0 Å². The summed E-state index contributed by atoms with van der Waals surface area (Å²) in [6.07, 6.45) is 8.34. The first kappa shape index (κ1) is 31.7. The first-order valence-electron chi connectivity index (χ1n) is 8.90. The third-order valence-corrected chi connectivity index (χ3v) is 9.19. The molecular weight excluding hydrogens is 526 g/mol. The molecule has 0 aliphatic rings. The molecule has 0 spiro atoms. The van der Waals surface area contributed by atoms with Gasteiger partial charge in [0.2, 0.25) is 6.17 Å². The summed E-state index contributed by atoms with van der Waals surface area (Å²) in [6, 6.07) is 4.22. The maximum Gasteiger partial charge on any atom is 0.569 e. The average Bonchev–Trinajstić information content (AvgIpc) is 2.69. The molecule has 0 saturated carbocycles. The van der Waals surface area contributed by atoms with Gasteiger partial charge in [0.15, 0.2) is 32.4 Å². The molecule has 0 aliphatic carbocycles. The van der Waals surface area contributed by atoms with E-state index < -0.39 is 39.9 Å². The van der Waals surface area contributed by atoms with E-state index in [-0.39, 0.29) is 0 Å². The molecule has 0 unspecified atom stereocenters. The molecule has 1 heterocycles. The molecular formula is C15H24F6N2O7S2Si. The highest BCUT2D eigenvalue weighted by atomic mass is 32.3. The number of aromatic nitrogens is 1. The van der Waals surface area contributed by atoms with Gasteiger partial charge in [-0.3, -0.25) is 0 Å². The Labute approximate surface area is 189 Å². The van der Waals surface area contributed by atoms with E-state index in [2.05, 4.69) is 29.8 Å². The molecule has 0 amide bonds. The normalized spacial score (nSPS) is 13.4. The van der Waals surface area contributed by atoms with Crippen LogP contribution in [-0.4, -0.2) is 58.0 Å². The van der Waals surface area contributed by atoms with Crippen LogP contribution in [-0.2, 0) is 45.9 Å². The maximum absolute atomic E-state index is 11.4. The van der Waals surface area contributed by atoms with Crippen molar-refractivity contribution >= 4 is 28.9 Å². The number of nitrogens with zero attached hydrogens (tertiary/aromatic N) is 2. The zero-order valence-electron chi connectivity index (χ0n) is 18.0.